The second-order valence-electron chi connectivity index (χ2n) is 9.53. The molecule has 10 nitrogen and oxygen atoms in total. The third-order valence-electron chi connectivity index (χ3n) is 6.33. The van der Waals surface area contributed by atoms with Gasteiger partial charge in [0.2, 0.25) is 5.95 Å². The van der Waals surface area contributed by atoms with Crippen molar-refractivity contribution in [3.63, 3.8) is 0 Å². The highest BCUT2D eigenvalue weighted by Crippen LogP contribution is 2.29. The molecule has 37 heavy (non-hydrogen) atoms. The summed E-state index contributed by atoms with van der Waals surface area (Å²) in [6.07, 6.45) is 7.41. The van der Waals surface area contributed by atoms with E-state index in [0.29, 0.717) is 59.6 Å². The SMILES string of the molecule is CC(C)(O)c1ccnc(-c2cnc(-n3cc(S(C)(=O)=O)c4ccc(C(=O)N5CCOCC5)cc43)nc2)c1. The van der Waals surface area contributed by atoms with Crippen LogP contribution in [0.25, 0.3) is 28.1 Å². The van der Waals surface area contributed by atoms with Crippen molar-refractivity contribution in [3.8, 4) is 17.2 Å². The Balaban J connectivity index is 1.57. The van der Waals surface area contributed by atoms with Crippen LogP contribution >= 0.6 is 0 Å². The first-order valence-electron chi connectivity index (χ1n) is 11.8. The van der Waals surface area contributed by atoms with Gasteiger partial charge < -0.3 is 14.7 Å². The maximum absolute atomic E-state index is 13.1. The lowest BCUT2D eigenvalue weighted by Crippen LogP contribution is -2.40. The Labute approximate surface area is 214 Å². The number of amides is 1. The van der Waals surface area contributed by atoms with E-state index < -0.39 is 15.4 Å². The monoisotopic (exact) mass is 521 g/mol. The highest BCUT2D eigenvalue weighted by Gasteiger charge is 2.23. The predicted octanol–water partition coefficient (Wildman–Crippen LogP) is 2.59. The summed E-state index contributed by atoms with van der Waals surface area (Å²) in [6, 6.07) is 8.48. The van der Waals surface area contributed by atoms with E-state index in [0.717, 1.165) is 6.26 Å². The summed E-state index contributed by atoms with van der Waals surface area (Å²) in [5, 5.41) is 10.8. The van der Waals surface area contributed by atoms with Gasteiger partial charge in [-0.05, 0) is 43.7 Å². The van der Waals surface area contributed by atoms with E-state index in [1.807, 2.05) is 0 Å². The summed E-state index contributed by atoms with van der Waals surface area (Å²) in [7, 11) is -3.56. The number of nitrogens with zero attached hydrogens (tertiary/aromatic N) is 5. The van der Waals surface area contributed by atoms with Crippen LogP contribution in [0.15, 0.2) is 60.0 Å². The van der Waals surface area contributed by atoms with Crippen LogP contribution in [0, 0.1) is 0 Å². The third-order valence-corrected chi connectivity index (χ3v) is 7.45. The molecule has 3 aromatic heterocycles. The van der Waals surface area contributed by atoms with E-state index in [9.17, 15) is 18.3 Å². The molecule has 1 aromatic carbocycles. The molecule has 0 aliphatic carbocycles. The predicted molar refractivity (Wildman–Crippen MR) is 137 cm³/mol. The van der Waals surface area contributed by atoms with Crippen LogP contribution in [0.2, 0.25) is 0 Å². The topological polar surface area (TPSA) is 128 Å². The molecule has 1 aliphatic heterocycles. The summed E-state index contributed by atoms with van der Waals surface area (Å²) < 4.78 is 32.0. The summed E-state index contributed by atoms with van der Waals surface area (Å²) in [4.78, 5) is 28.2. The highest BCUT2D eigenvalue weighted by molar-refractivity contribution is 7.91. The van der Waals surface area contributed by atoms with E-state index in [4.69, 9.17) is 4.74 Å². The molecule has 5 rings (SSSR count). The molecule has 1 saturated heterocycles. The van der Waals surface area contributed by atoms with Crippen LogP contribution in [0.5, 0.6) is 0 Å². The Hall–Kier alpha value is -3.67. The summed E-state index contributed by atoms with van der Waals surface area (Å²) in [6.45, 7) is 5.35. The molecule has 1 N–H and O–H groups in total. The molecule has 11 heteroatoms. The van der Waals surface area contributed by atoms with E-state index >= 15 is 0 Å². The van der Waals surface area contributed by atoms with E-state index in [2.05, 4.69) is 15.0 Å². The minimum absolute atomic E-state index is 0.125. The molecule has 0 bridgehead atoms. The van der Waals surface area contributed by atoms with Crippen LogP contribution in [0.3, 0.4) is 0 Å². The number of aromatic nitrogens is 4. The average molecular weight is 522 g/mol. The molecule has 0 atom stereocenters. The molecule has 1 fully saturated rings. The zero-order valence-electron chi connectivity index (χ0n) is 20.7. The van der Waals surface area contributed by atoms with Gasteiger partial charge in [-0.2, -0.15) is 0 Å². The third kappa shape index (κ3) is 4.97. The Morgan fingerprint density at radius 3 is 2.41 bits per heavy atom. The minimum Gasteiger partial charge on any atom is -0.386 e. The maximum Gasteiger partial charge on any atom is 0.254 e. The van der Waals surface area contributed by atoms with Crippen molar-refractivity contribution in [1.82, 2.24) is 24.4 Å². The van der Waals surface area contributed by atoms with Gasteiger partial charge >= 0.3 is 0 Å². The molecule has 0 spiro atoms. The standard InChI is InChI=1S/C26H27N5O5S/c1-26(2,33)19-6-7-27-21(13-19)18-14-28-25(29-15-18)31-16-23(37(3,34)35)20-5-4-17(12-22(20)31)24(32)30-8-10-36-11-9-30/h4-7,12-16,33H,8-11H2,1-3H3. The Morgan fingerprint density at radius 2 is 1.76 bits per heavy atom. The van der Waals surface area contributed by atoms with Gasteiger partial charge in [0.1, 0.15) is 0 Å². The molecular weight excluding hydrogens is 494 g/mol. The van der Waals surface area contributed by atoms with Crippen molar-refractivity contribution in [2.24, 2.45) is 0 Å². The zero-order valence-corrected chi connectivity index (χ0v) is 21.6. The molecule has 1 aliphatic rings. The first-order valence-corrected chi connectivity index (χ1v) is 13.7. The fourth-order valence-electron chi connectivity index (χ4n) is 4.29. The van der Waals surface area contributed by atoms with Gasteiger partial charge in [0.15, 0.2) is 9.84 Å². The van der Waals surface area contributed by atoms with Gasteiger partial charge in [0.05, 0.1) is 34.9 Å². The number of hydrogen-bond donors (Lipinski definition) is 1. The fraction of sp³-hybridized carbons (Fsp3) is 0.308. The number of carbonyl (C=O) groups excluding carboxylic acids is 1. The normalized spacial score (nSPS) is 14.8. The van der Waals surface area contributed by atoms with E-state index in [1.165, 1.54) is 6.20 Å². The minimum atomic E-state index is -3.56. The maximum atomic E-state index is 13.1. The lowest BCUT2D eigenvalue weighted by Gasteiger charge is -2.26. The first-order chi connectivity index (χ1) is 17.5. The Morgan fingerprint density at radius 1 is 1.05 bits per heavy atom. The lowest BCUT2D eigenvalue weighted by molar-refractivity contribution is 0.0303. The molecule has 0 unspecified atom stereocenters. The van der Waals surface area contributed by atoms with Crippen LogP contribution in [0.4, 0.5) is 0 Å². The van der Waals surface area contributed by atoms with Crippen molar-refractivity contribution < 1.29 is 23.1 Å². The van der Waals surface area contributed by atoms with Crippen molar-refractivity contribution in [2.45, 2.75) is 24.3 Å². The highest BCUT2D eigenvalue weighted by atomic mass is 32.2. The summed E-state index contributed by atoms with van der Waals surface area (Å²) in [5.41, 5.74) is 1.86. The van der Waals surface area contributed by atoms with Gasteiger partial charge in [-0.1, -0.05) is 6.07 Å². The number of sulfone groups is 1. The van der Waals surface area contributed by atoms with E-state index in [-0.39, 0.29) is 16.8 Å². The second kappa shape index (κ2) is 9.33. The van der Waals surface area contributed by atoms with Gasteiger partial charge in [0.25, 0.3) is 5.91 Å². The van der Waals surface area contributed by atoms with Gasteiger partial charge in [-0.25, -0.2) is 18.4 Å². The fourth-order valence-corrected chi connectivity index (χ4v) is 5.15. The zero-order chi connectivity index (χ0) is 26.4. The van der Waals surface area contributed by atoms with Gasteiger partial charge in [-0.15, -0.1) is 0 Å². The van der Waals surface area contributed by atoms with Crippen molar-refractivity contribution in [3.05, 3.63) is 66.2 Å². The smallest absolute Gasteiger partial charge is 0.254 e. The number of carbonyl (C=O) groups is 1. The number of pyridine rings is 1. The lowest BCUT2D eigenvalue weighted by atomic mass is 9.98. The van der Waals surface area contributed by atoms with Crippen molar-refractivity contribution in [2.75, 3.05) is 32.6 Å². The molecule has 0 radical (unpaired) electrons. The van der Waals surface area contributed by atoms with Crippen LogP contribution in [-0.2, 0) is 20.2 Å². The second-order valence-corrected chi connectivity index (χ2v) is 11.5. The molecule has 4 aromatic rings. The number of fused-ring (bicyclic) bond motifs is 1. The first kappa shape index (κ1) is 25.0. The van der Waals surface area contributed by atoms with Gasteiger partial charge in [-0.3, -0.25) is 14.3 Å². The van der Waals surface area contributed by atoms with Crippen LogP contribution in [0.1, 0.15) is 29.8 Å². The average Bonchev–Trinajstić information content (AvgIpc) is 3.28. The molecule has 192 valence electrons. The largest absolute Gasteiger partial charge is 0.386 e. The Kier molecular flexibility index (Phi) is 6.30. The number of morpholine rings is 1. The number of rotatable bonds is 5. The number of aliphatic hydroxyl groups is 1. The van der Waals surface area contributed by atoms with Crippen LogP contribution in [-0.4, -0.2) is 76.4 Å². The quantitative estimate of drug-likeness (QED) is 0.425. The van der Waals surface area contributed by atoms with Gasteiger partial charge in [0, 0.05) is 60.6 Å². The van der Waals surface area contributed by atoms with E-state index in [1.54, 1.807) is 72.2 Å². The summed E-state index contributed by atoms with van der Waals surface area (Å²) >= 11 is 0. The van der Waals surface area contributed by atoms with Crippen molar-refractivity contribution in [1.29, 1.82) is 0 Å². The Bertz CT molecular complexity index is 1580. The van der Waals surface area contributed by atoms with Crippen LogP contribution < -0.4 is 0 Å². The number of ether oxygens (including phenoxy) is 1. The number of benzene rings is 1. The summed E-state index contributed by atoms with van der Waals surface area (Å²) in [5.74, 6) is 0.103. The molecular formula is C26H27N5O5S. The number of hydrogen-bond acceptors (Lipinski definition) is 8. The van der Waals surface area contributed by atoms with Crippen molar-refractivity contribution >= 4 is 26.6 Å². The molecule has 0 saturated carbocycles. The molecule has 4 heterocycles. The molecule has 1 amide bonds.